The number of carbonyl (C=O) groups excluding carboxylic acids is 1. The van der Waals surface area contributed by atoms with E-state index in [9.17, 15) is 9.18 Å². The zero-order valence-electron chi connectivity index (χ0n) is 21.9. The van der Waals surface area contributed by atoms with E-state index >= 15 is 0 Å². The van der Waals surface area contributed by atoms with Crippen molar-refractivity contribution in [2.24, 2.45) is 0 Å². The number of aromatic nitrogens is 1. The molecule has 2 saturated heterocycles. The number of nitrogens with zero attached hydrogens (tertiary/aromatic N) is 5. The Morgan fingerprint density at radius 2 is 1.41 bits per heavy atom. The molecule has 0 bridgehead atoms. The molecule has 1 amide bonds. The maximum Gasteiger partial charge on any atom is 0.256 e. The van der Waals surface area contributed by atoms with Crippen LogP contribution < -0.4 is 0 Å². The van der Waals surface area contributed by atoms with Crippen molar-refractivity contribution in [2.75, 3.05) is 66.5 Å². The fraction of sp³-hybridized carbons (Fsp3) is 0.414. The normalized spacial score (nSPS) is 17.9. The summed E-state index contributed by atoms with van der Waals surface area (Å²) in [7, 11) is 4.24. The first-order valence-corrected chi connectivity index (χ1v) is 13.3. The molecular formula is C29H35ClFN5O. The fourth-order valence-corrected chi connectivity index (χ4v) is 5.54. The minimum Gasteiger partial charge on any atom is -0.336 e. The van der Waals surface area contributed by atoms with Gasteiger partial charge in [0.25, 0.3) is 5.91 Å². The van der Waals surface area contributed by atoms with E-state index in [-0.39, 0.29) is 11.7 Å². The summed E-state index contributed by atoms with van der Waals surface area (Å²) in [6.45, 7) is 9.72. The predicted octanol–water partition coefficient (Wildman–Crippen LogP) is 4.38. The smallest absolute Gasteiger partial charge is 0.256 e. The molecule has 2 aliphatic heterocycles. The van der Waals surface area contributed by atoms with Gasteiger partial charge in [0.05, 0.1) is 5.56 Å². The summed E-state index contributed by atoms with van der Waals surface area (Å²) < 4.78 is 16.1. The molecule has 0 radical (unpaired) electrons. The lowest BCUT2D eigenvalue weighted by Crippen LogP contribution is -2.47. The van der Waals surface area contributed by atoms with Gasteiger partial charge in [0.15, 0.2) is 0 Å². The van der Waals surface area contributed by atoms with Crippen LogP contribution in [0, 0.1) is 12.7 Å². The van der Waals surface area contributed by atoms with E-state index in [2.05, 4.69) is 33.4 Å². The van der Waals surface area contributed by atoms with Gasteiger partial charge in [-0.1, -0.05) is 23.7 Å². The third-order valence-corrected chi connectivity index (χ3v) is 7.95. The van der Waals surface area contributed by atoms with Crippen molar-refractivity contribution in [3.8, 4) is 16.8 Å². The van der Waals surface area contributed by atoms with Gasteiger partial charge < -0.3 is 19.3 Å². The monoisotopic (exact) mass is 523 g/mol. The van der Waals surface area contributed by atoms with Crippen LogP contribution in [0.15, 0.2) is 48.5 Å². The van der Waals surface area contributed by atoms with Gasteiger partial charge in [0, 0.05) is 86.6 Å². The van der Waals surface area contributed by atoms with E-state index in [1.54, 1.807) is 12.1 Å². The first kappa shape index (κ1) is 25.9. The number of benzene rings is 2. The number of hydrogen-bond acceptors (Lipinski definition) is 4. The number of halogens is 2. The molecule has 2 fully saturated rings. The molecule has 0 saturated carbocycles. The van der Waals surface area contributed by atoms with Gasteiger partial charge in [-0.15, -0.1) is 0 Å². The van der Waals surface area contributed by atoms with Crippen molar-refractivity contribution in [3.63, 3.8) is 0 Å². The van der Waals surface area contributed by atoms with Crippen molar-refractivity contribution < 1.29 is 9.18 Å². The van der Waals surface area contributed by atoms with E-state index in [1.165, 1.54) is 12.1 Å². The Bertz CT molecular complexity index is 1240. The molecule has 1 aromatic heterocycles. The first-order valence-electron chi connectivity index (χ1n) is 13.0. The highest BCUT2D eigenvalue weighted by molar-refractivity contribution is 6.30. The lowest BCUT2D eigenvalue weighted by atomic mass is 9.98. The highest BCUT2D eigenvalue weighted by Gasteiger charge is 2.32. The highest BCUT2D eigenvalue weighted by Crippen LogP contribution is 2.37. The van der Waals surface area contributed by atoms with Crippen LogP contribution in [0.1, 0.15) is 21.7 Å². The molecule has 8 heteroatoms. The lowest BCUT2D eigenvalue weighted by Gasteiger charge is -2.33. The minimum absolute atomic E-state index is 0.0519. The molecule has 2 aliphatic rings. The Kier molecular flexibility index (Phi) is 7.67. The lowest BCUT2D eigenvalue weighted by molar-refractivity contribution is 0.0664. The maximum absolute atomic E-state index is 14.2. The molecule has 2 aromatic carbocycles. The van der Waals surface area contributed by atoms with Crippen molar-refractivity contribution in [3.05, 3.63) is 76.3 Å². The average molecular weight is 524 g/mol. The highest BCUT2D eigenvalue weighted by atomic mass is 35.5. The third kappa shape index (κ3) is 5.46. The molecule has 0 aliphatic carbocycles. The first-order chi connectivity index (χ1) is 17.8. The molecule has 5 rings (SSSR count). The summed E-state index contributed by atoms with van der Waals surface area (Å²) in [6.07, 6.45) is 0. The topological polar surface area (TPSA) is 35.0 Å². The van der Waals surface area contributed by atoms with E-state index in [1.807, 2.05) is 36.1 Å². The number of rotatable bonds is 5. The summed E-state index contributed by atoms with van der Waals surface area (Å²) in [4.78, 5) is 23.2. The van der Waals surface area contributed by atoms with E-state index in [0.717, 1.165) is 73.0 Å². The minimum atomic E-state index is -0.277. The average Bonchev–Trinajstić information content (AvgIpc) is 3.18. The third-order valence-electron chi connectivity index (χ3n) is 7.70. The van der Waals surface area contributed by atoms with Crippen LogP contribution >= 0.6 is 11.6 Å². The molecule has 3 heterocycles. The Morgan fingerprint density at radius 3 is 2.00 bits per heavy atom. The number of likely N-dealkylation sites (N-methyl/N-ethyl adjacent to an activating group) is 2. The Hall–Kier alpha value is -2.71. The van der Waals surface area contributed by atoms with Crippen LogP contribution in [0.3, 0.4) is 0 Å². The molecule has 37 heavy (non-hydrogen) atoms. The Balaban J connectivity index is 1.69. The van der Waals surface area contributed by atoms with Crippen LogP contribution in [0.5, 0.6) is 0 Å². The molecule has 6 nitrogen and oxygen atoms in total. The quantitative estimate of drug-likeness (QED) is 0.497. The molecule has 0 N–H and O–H groups in total. The van der Waals surface area contributed by atoms with E-state index in [0.29, 0.717) is 24.7 Å². The SMILES string of the molecule is Cc1c(C(=O)N2CCN(C)CC2)c(-c2ccc(Cl)cc2)c(CN2CCN(C)CC2)n1-c1ccc(F)cc1. The van der Waals surface area contributed by atoms with Gasteiger partial charge in [-0.25, -0.2) is 4.39 Å². The zero-order chi connectivity index (χ0) is 26.1. The molecule has 0 atom stereocenters. The van der Waals surface area contributed by atoms with Gasteiger partial charge in [-0.05, 0) is 63.0 Å². The predicted molar refractivity (Wildman–Crippen MR) is 147 cm³/mol. The molecule has 0 unspecified atom stereocenters. The second kappa shape index (κ2) is 11.0. The van der Waals surface area contributed by atoms with Gasteiger partial charge in [-0.2, -0.15) is 0 Å². The zero-order valence-corrected chi connectivity index (χ0v) is 22.6. The van der Waals surface area contributed by atoms with Crippen LogP contribution in [-0.2, 0) is 6.54 Å². The number of amides is 1. The van der Waals surface area contributed by atoms with Crippen molar-refractivity contribution in [1.29, 1.82) is 0 Å². The van der Waals surface area contributed by atoms with E-state index < -0.39 is 0 Å². The largest absolute Gasteiger partial charge is 0.336 e. The fourth-order valence-electron chi connectivity index (χ4n) is 5.42. The summed E-state index contributed by atoms with van der Waals surface area (Å²) in [5.74, 6) is -0.225. The molecule has 3 aromatic rings. The van der Waals surface area contributed by atoms with Crippen LogP contribution in [0.2, 0.25) is 5.02 Å². The van der Waals surface area contributed by atoms with Gasteiger partial charge in [0.2, 0.25) is 0 Å². The van der Waals surface area contributed by atoms with Crippen molar-refractivity contribution in [1.82, 2.24) is 24.2 Å². The summed E-state index contributed by atoms with van der Waals surface area (Å²) in [5.41, 5.74) is 5.42. The summed E-state index contributed by atoms with van der Waals surface area (Å²) in [5, 5.41) is 0.658. The molecule has 196 valence electrons. The number of carbonyl (C=O) groups is 1. The van der Waals surface area contributed by atoms with E-state index in [4.69, 9.17) is 11.6 Å². The number of hydrogen-bond donors (Lipinski definition) is 0. The van der Waals surface area contributed by atoms with Crippen LogP contribution in [0.25, 0.3) is 16.8 Å². The second-order valence-electron chi connectivity index (χ2n) is 10.3. The molecule has 0 spiro atoms. The Morgan fingerprint density at radius 1 is 0.838 bits per heavy atom. The summed E-state index contributed by atoms with van der Waals surface area (Å²) >= 11 is 6.26. The maximum atomic E-state index is 14.2. The number of piperazine rings is 2. The van der Waals surface area contributed by atoms with Crippen LogP contribution in [0.4, 0.5) is 4.39 Å². The van der Waals surface area contributed by atoms with Crippen LogP contribution in [-0.4, -0.2) is 96.5 Å². The van der Waals surface area contributed by atoms with Gasteiger partial charge in [0.1, 0.15) is 5.82 Å². The van der Waals surface area contributed by atoms with Crippen molar-refractivity contribution >= 4 is 17.5 Å². The molecular weight excluding hydrogens is 489 g/mol. The standard InChI is InChI=1S/C29H35ClFN5O/c1-21-27(29(37)35-18-14-33(3)15-19-35)28(22-4-6-23(30)7-5-22)26(20-34-16-12-32(2)13-17-34)36(21)25-10-8-24(31)9-11-25/h4-11H,12-20H2,1-3H3. The summed E-state index contributed by atoms with van der Waals surface area (Å²) in [6, 6.07) is 14.3. The van der Waals surface area contributed by atoms with Gasteiger partial charge in [-0.3, -0.25) is 9.69 Å². The second-order valence-corrected chi connectivity index (χ2v) is 10.7. The van der Waals surface area contributed by atoms with Crippen molar-refractivity contribution in [2.45, 2.75) is 13.5 Å². The Labute approximate surface area is 223 Å². The van der Waals surface area contributed by atoms with Gasteiger partial charge >= 0.3 is 0 Å².